The van der Waals surface area contributed by atoms with Crippen molar-refractivity contribution in [2.45, 2.75) is 12.5 Å². The molecule has 106 valence electrons. The van der Waals surface area contributed by atoms with Crippen LogP contribution in [0.3, 0.4) is 0 Å². The van der Waals surface area contributed by atoms with Crippen LogP contribution >= 0.6 is 0 Å². The standard InChI is InChI=1S/C15H12N2O4/c1-2-5-11(15(19)20)16-13(18)8-9-14-17-10-6-3-4-7-12(10)21-14/h1,3-4,6-9,11H,5H2,(H,16,18)(H,19,20)/b9-8+. The highest BCUT2D eigenvalue weighted by atomic mass is 16.4. The number of terminal acetylenes is 1. The van der Waals surface area contributed by atoms with Gasteiger partial charge < -0.3 is 14.8 Å². The lowest BCUT2D eigenvalue weighted by molar-refractivity contribution is -0.141. The van der Waals surface area contributed by atoms with E-state index in [1.807, 2.05) is 12.1 Å². The fraction of sp³-hybridized carbons (Fsp3) is 0.133. The maximum Gasteiger partial charge on any atom is 0.327 e. The van der Waals surface area contributed by atoms with Crippen molar-refractivity contribution in [3.63, 3.8) is 0 Å². The Hall–Kier alpha value is -3.07. The monoisotopic (exact) mass is 284 g/mol. The first-order valence-electron chi connectivity index (χ1n) is 6.10. The van der Waals surface area contributed by atoms with Crippen molar-refractivity contribution in [3.05, 3.63) is 36.2 Å². The number of amides is 1. The molecule has 2 N–H and O–H groups in total. The maximum atomic E-state index is 11.6. The summed E-state index contributed by atoms with van der Waals surface area (Å²) < 4.78 is 5.39. The van der Waals surface area contributed by atoms with Gasteiger partial charge >= 0.3 is 5.97 Å². The molecule has 1 atom stereocenters. The number of nitrogens with one attached hydrogen (secondary N) is 1. The van der Waals surface area contributed by atoms with Crippen LogP contribution in [0.1, 0.15) is 12.3 Å². The third-order valence-electron chi connectivity index (χ3n) is 2.62. The van der Waals surface area contributed by atoms with Crippen LogP contribution in [-0.4, -0.2) is 28.0 Å². The number of benzene rings is 1. The van der Waals surface area contributed by atoms with Crippen LogP contribution in [0, 0.1) is 12.3 Å². The SMILES string of the molecule is C#CCC(NC(=O)/C=C/c1nc2ccccc2o1)C(=O)O. The number of aromatic nitrogens is 1. The molecule has 0 spiro atoms. The molecule has 1 aromatic heterocycles. The van der Waals surface area contributed by atoms with E-state index in [0.717, 1.165) is 6.08 Å². The summed E-state index contributed by atoms with van der Waals surface area (Å²) in [5, 5.41) is 11.2. The second kappa shape index (κ2) is 6.39. The quantitative estimate of drug-likeness (QED) is 0.640. The van der Waals surface area contributed by atoms with Crippen LogP contribution in [0.25, 0.3) is 17.2 Å². The van der Waals surface area contributed by atoms with Crippen molar-refractivity contribution < 1.29 is 19.1 Å². The highest BCUT2D eigenvalue weighted by Crippen LogP contribution is 2.15. The molecule has 21 heavy (non-hydrogen) atoms. The van der Waals surface area contributed by atoms with Crippen molar-refractivity contribution in [3.8, 4) is 12.3 Å². The summed E-state index contributed by atoms with van der Waals surface area (Å²) in [5.41, 5.74) is 1.28. The molecule has 0 aliphatic heterocycles. The van der Waals surface area contributed by atoms with E-state index in [9.17, 15) is 9.59 Å². The van der Waals surface area contributed by atoms with E-state index in [1.54, 1.807) is 12.1 Å². The first kappa shape index (κ1) is 14.3. The lowest BCUT2D eigenvalue weighted by Crippen LogP contribution is -2.39. The minimum Gasteiger partial charge on any atom is -0.480 e. The average Bonchev–Trinajstić information content (AvgIpc) is 2.87. The van der Waals surface area contributed by atoms with E-state index in [4.69, 9.17) is 15.9 Å². The molecule has 0 bridgehead atoms. The summed E-state index contributed by atoms with van der Waals surface area (Å²) >= 11 is 0. The van der Waals surface area contributed by atoms with Gasteiger partial charge in [0.1, 0.15) is 11.6 Å². The van der Waals surface area contributed by atoms with Crippen molar-refractivity contribution in [1.29, 1.82) is 0 Å². The molecule has 2 rings (SSSR count). The number of carboxylic acids is 1. The molecule has 2 aromatic rings. The molecule has 0 radical (unpaired) electrons. The summed E-state index contributed by atoms with van der Waals surface area (Å²) in [6.07, 6.45) is 7.47. The van der Waals surface area contributed by atoms with Gasteiger partial charge in [0.15, 0.2) is 5.58 Å². The number of oxazole rings is 1. The third-order valence-corrected chi connectivity index (χ3v) is 2.62. The van der Waals surface area contributed by atoms with Gasteiger partial charge in [-0.25, -0.2) is 9.78 Å². The number of carbonyl (C=O) groups is 2. The molecule has 1 unspecified atom stereocenters. The van der Waals surface area contributed by atoms with Gasteiger partial charge in [-0.15, -0.1) is 12.3 Å². The Labute approximate surface area is 120 Å². The van der Waals surface area contributed by atoms with Gasteiger partial charge in [-0.2, -0.15) is 0 Å². The number of para-hydroxylation sites is 2. The van der Waals surface area contributed by atoms with Crippen molar-refractivity contribution in [1.82, 2.24) is 10.3 Å². The van der Waals surface area contributed by atoms with Crippen LogP contribution < -0.4 is 5.32 Å². The number of hydrogen-bond acceptors (Lipinski definition) is 4. The Morgan fingerprint density at radius 2 is 2.24 bits per heavy atom. The third kappa shape index (κ3) is 3.70. The molecule has 0 saturated heterocycles. The molecule has 0 aliphatic rings. The molecule has 6 heteroatoms. The molecule has 6 nitrogen and oxygen atoms in total. The summed E-state index contributed by atoms with van der Waals surface area (Å²) in [5.74, 6) is 0.688. The van der Waals surface area contributed by atoms with Crippen LogP contribution in [0.5, 0.6) is 0 Å². The van der Waals surface area contributed by atoms with Crippen LogP contribution in [0.4, 0.5) is 0 Å². The van der Waals surface area contributed by atoms with Crippen molar-refractivity contribution in [2.75, 3.05) is 0 Å². The predicted octanol–water partition coefficient (Wildman–Crippen LogP) is 1.43. The Bertz CT molecular complexity index is 706. The topological polar surface area (TPSA) is 92.4 Å². The molecular weight excluding hydrogens is 272 g/mol. The largest absolute Gasteiger partial charge is 0.480 e. The van der Waals surface area contributed by atoms with Crippen molar-refractivity contribution >= 4 is 29.1 Å². The summed E-state index contributed by atoms with van der Waals surface area (Å²) in [6.45, 7) is 0. The van der Waals surface area contributed by atoms with E-state index in [2.05, 4.69) is 16.2 Å². The highest BCUT2D eigenvalue weighted by molar-refractivity contribution is 5.94. The molecule has 0 saturated carbocycles. The Morgan fingerprint density at radius 3 is 2.90 bits per heavy atom. The number of carboxylic acid groups (broad SMARTS) is 1. The minimum absolute atomic E-state index is 0.0855. The molecule has 1 aromatic carbocycles. The van der Waals surface area contributed by atoms with Gasteiger partial charge in [-0.1, -0.05) is 12.1 Å². The first-order valence-corrected chi connectivity index (χ1v) is 6.10. The van der Waals surface area contributed by atoms with E-state index < -0.39 is 17.9 Å². The van der Waals surface area contributed by atoms with E-state index in [-0.39, 0.29) is 12.3 Å². The fourth-order valence-electron chi connectivity index (χ4n) is 1.65. The first-order chi connectivity index (χ1) is 10.1. The Kier molecular flexibility index (Phi) is 4.36. The number of carbonyl (C=O) groups excluding carboxylic acids is 1. The second-order valence-corrected chi connectivity index (χ2v) is 4.16. The van der Waals surface area contributed by atoms with Crippen LogP contribution in [-0.2, 0) is 9.59 Å². The van der Waals surface area contributed by atoms with Crippen LogP contribution in [0.15, 0.2) is 34.8 Å². The second-order valence-electron chi connectivity index (χ2n) is 4.16. The van der Waals surface area contributed by atoms with Gasteiger partial charge in [0.2, 0.25) is 11.8 Å². The number of nitrogens with zero attached hydrogens (tertiary/aromatic N) is 1. The lowest BCUT2D eigenvalue weighted by Gasteiger charge is -2.09. The van der Waals surface area contributed by atoms with Gasteiger partial charge in [0, 0.05) is 18.6 Å². The van der Waals surface area contributed by atoms with E-state index >= 15 is 0 Å². The smallest absolute Gasteiger partial charge is 0.327 e. The number of hydrogen-bond donors (Lipinski definition) is 2. The minimum atomic E-state index is -1.18. The highest BCUT2D eigenvalue weighted by Gasteiger charge is 2.17. The number of fused-ring (bicyclic) bond motifs is 1. The van der Waals surface area contributed by atoms with Gasteiger partial charge in [0.25, 0.3) is 0 Å². The summed E-state index contributed by atoms with van der Waals surface area (Å²) in [7, 11) is 0. The molecule has 1 amide bonds. The lowest BCUT2D eigenvalue weighted by atomic mass is 10.2. The van der Waals surface area contributed by atoms with Crippen molar-refractivity contribution in [2.24, 2.45) is 0 Å². The molecule has 1 heterocycles. The molecular formula is C15H12N2O4. The van der Waals surface area contributed by atoms with E-state index in [1.165, 1.54) is 6.08 Å². The zero-order valence-electron chi connectivity index (χ0n) is 10.9. The zero-order chi connectivity index (χ0) is 15.2. The normalized spacial score (nSPS) is 12.1. The van der Waals surface area contributed by atoms with E-state index in [0.29, 0.717) is 11.1 Å². The number of aliphatic carboxylic acids is 1. The van der Waals surface area contributed by atoms with Crippen LogP contribution in [0.2, 0.25) is 0 Å². The number of rotatable bonds is 5. The van der Waals surface area contributed by atoms with Gasteiger partial charge in [-0.05, 0) is 12.1 Å². The Balaban J connectivity index is 2.04. The fourth-order valence-corrected chi connectivity index (χ4v) is 1.65. The summed E-state index contributed by atoms with van der Waals surface area (Å²) in [4.78, 5) is 26.6. The zero-order valence-corrected chi connectivity index (χ0v) is 10.9. The molecule has 0 fully saturated rings. The predicted molar refractivity (Wildman–Crippen MR) is 76.1 cm³/mol. The van der Waals surface area contributed by atoms with Gasteiger partial charge in [0.05, 0.1) is 0 Å². The molecule has 0 aliphatic carbocycles. The Morgan fingerprint density at radius 1 is 1.48 bits per heavy atom. The maximum absolute atomic E-state index is 11.6. The van der Waals surface area contributed by atoms with Gasteiger partial charge in [-0.3, -0.25) is 4.79 Å². The summed E-state index contributed by atoms with van der Waals surface area (Å²) in [6, 6.07) is 6.06. The average molecular weight is 284 g/mol.